The molecule has 0 saturated carbocycles. The molecule has 0 radical (unpaired) electrons. The van der Waals surface area contributed by atoms with E-state index in [1.165, 1.54) is 32.0 Å². The predicted molar refractivity (Wildman–Crippen MR) is 156 cm³/mol. The molecule has 7 nitrogen and oxygen atoms in total. The minimum atomic E-state index is -0.837. The number of benzene rings is 4. The summed E-state index contributed by atoms with van der Waals surface area (Å²) >= 11 is 0. The maximum Gasteiger partial charge on any atom is 0.328 e. The summed E-state index contributed by atoms with van der Waals surface area (Å²) in [5.41, 5.74) is 1.32. The number of rotatable bonds is 8. The Bertz CT molecular complexity index is 1560. The minimum Gasteiger partial charge on any atom is -0.497 e. The van der Waals surface area contributed by atoms with Crippen LogP contribution in [0.5, 0.6) is 5.75 Å². The molecule has 2 saturated heterocycles. The molecule has 2 aliphatic heterocycles. The number of methoxy groups -OCH3 is 2. The van der Waals surface area contributed by atoms with Crippen molar-refractivity contribution in [3.05, 3.63) is 90.0 Å². The van der Waals surface area contributed by atoms with Gasteiger partial charge >= 0.3 is 6.03 Å². The number of likely N-dealkylation sites (tertiary alicyclic amines) is 1. The van der Waals surface area contributed by atoms with E-state index in [4.69, 9.17) is 9.47 Å². The molecule has 2 aliphatic rings. The van der Waals surface area contributed by atoms with Crippen molar-refractivity contribution in [1.29, 1.82) is 0 Å². The van der Waals surface area contributed by atoms with Crippen molar-refractivity contribution in [3.8, 4) is 5.75 Å². The van der Waals surface area contributed by atoms with Crippen LogP contribution in [0, 0.1) is 0 Å². The zero-order valence-corrected chi connectivity index (χ0v) is 23.1. The molecule has 0 aliphatic carbocycles. The smallest absolute Gasteiger partial charge is 0.328 e. The highest BCUT2D eigenvalue weighted by Crippen LogP contribution is 2.39. The lowest BCUT2D eigenvalue weighted by Crippen LogP contribution is -2.57. The fourth-order valence-electron chi connectivity index (χ4n) is 6.44. The van der Waals surface area contributed by atoms with E-state index in [9.17, 15) is 9.59 Å². The monoisotopic (exact) mass is 537 g/mol. The van der Waals surface area contributed by atoms with Gasteiger partial charge in [0.05, 0.1) is 20.3 Å². The van der Waals surface area contributed by atoms with E-state index >= 15 is 0 Å². The third kappa shape index (κ3) is 4.59. The standard InChI is InChI=1S/C33H35N3O4/c1-39-19-18-36-32(38)35(22-24-8-7-10-27(20-24)40-2)31(37)33(36)14-16-34(17-15-33)23-26-21-25-9-3-4-11-28(25)30-13-6-5-12-29(26)30/h3-13,20-21H,14-19,22-23H2,1-2H3. The van der Waals surface area contributed by atoms with Crippen molar-refractivity contribution in [2.45, 2.75) is 31.5 Å². The first-order valence-electron chi connectivity index (χ1n) is 13.9. The molecule has 0 N–H and O–H groups in total. The van der Waals surface area contributed by atoms with E-state index in [0.29, 0.717) is 31.7 Å². The molecule has 0 unspecified atom stereocenters. The number of piperidine rings is 1. The topological polar surface area (TPSA) is 62.3 Å². The van der Waals surface area contributed by atoms with E-state index < -0.39 is 5.54 Å². The number of hydrogen-bond donors (Lipinski definition) is 0. The fourth-order valence-corrected chi connectivity index (χ4v) is 6.44. The molecule has 206 valence electrons. The van der Waals surface area contributed by atoms with Gasteiger partial charge in [-0.15, -0.1) is 0 Å². The van der Waals surface area contributed by atoms with Gasteiger partial charge in [-0.3, -0.25) is 14.6 Å². The number of fused-ring (bicyclic) bond motifs is 3. The third-order valence-electron chi connectivity index (χ3n) is 8.55. The Morgan fingerprint density at radius 3 is 2.27 bits per heavy atom. The van der Waals surface area contributed by atoms with Gasteiger partial charge in [0.25, 0.3) is 5.91 Å². The van der Waals surface area contributed by atoms with Gasteiger partial charge in [-0.1, -0.05) is 60.7 Å². The van der Waals surface area contributed by atoms with Crippen LogP contribution >= 0.6 is 0 Å². The summed E-state index contributed by atoms with van der Waals surface area (Å²) < 4.78 is 10.7. The van der Waals surface area contributed by atoms with E-state index in [0.717, 1.165) is 25.2 Å². The quantitative estimate of drug-likeness (QED) is 0.221. The summed E-state index contributed by atoms with van der Waals surface area (Å²) in [5, 5.41) is 5.03. The Morgan fingerprint density at radius 1 is 0.800 bits per heavy atom. The summed E-state index contributed by atoms with van der Waals surface area (Å²) in [4.78, 5) is 33.2. The lowest BCUT2D eigenvalue weighted by atomic mass is 9.85. The highest BCUT2D eigenvalue weighted by Gasteiger charge is 2.57. The van der Waals surface area contributed by atoms with E-state index in [-0.39, 0.29) is 18.5 Å². The molecule has 1 spiro atoms. The summed E-state index contributed by atoms with van der Waals surface area (Å²) in [6.07, 6.45) is 1.20. The number of imide groups is 1. The van der Waals surface area contributed by atoms with Crippen molar-refractivity contribution < 1.29 is 19.1 Å². The lowest BCUT2D eigenvalue weighted by molar-refractivity contribution is -0.136. The Hall–Kier alpha value is -3.94. The molecular formula is C33H35N3O4. The average molecular weight is 538 g/mol. The third-order valence-corrected chi connectivity index (χ3v) is 8.55. The Labute approximate surface area is 234 Å². The normalized spacial score (nSPS) is 17.4. The number of amides is 3. The molecule has 4 aromatic rings. The molecule has 0 atom stereocenters. The van der Waals surface area contributed by atoms with Gasteiger partial charge in [-0.2, -0.15) is 0 Å². The molecule has 3 amide bonds. The Balaban J connectivity index is 1.24. The summed E-state index contributed by atoms with van der Waals surface area (Å²) in [6.45, 7) is 3.28. The van der Waals surface area contributed by atoms with Crippen LogP contribution in [-0.2, 0) is 22.6 Å². The zero-order valence-electron chi connectivity index (χ0n) is 23.1. The molecule has 2 heterocycles. The van der Waals surface area contributed by atoms with Crippen LogP contribution in [-0.4, -0.2) is 72.6 Å². The van der Waals surface area contributed by atoms with Gasteiger partial charge in [0.15, 0.2) is 0 Å². The number of hydrogen-bond acceptors (Lipinski definition) is 5. The second-order valence-corrected chi connectivity index (χ2v) is 10.8. The van der Waals surface area contributed by atoms with Gasteiger partial charge in [-0.25, -0.2) is 4.79 Å². The van der Waals surface area contributed by atoms with Crippen molar-refractivity contribution >= 4 is 33.5 Å². The van der Waals surface area contributed by atoms with Crippen LogP contribution in [0.2, 0.25) is 0 Å². The Kier molecular flexibility index (Phi) is 7.17. The van der Waals surface area contributed by atoms with E-state index in [1.54, 1.807) is 19.1 Å². The van der Waals surface area contributed by atoms with Crippen molar-refractivity contribution in [1.82, 2.24) is 14.7 Å². The molecule has 4 aromatic carbocycles. The van der Waals surface area contributed by atoms with Crippen LogP contribution in [0.15, 0.2) is 78.9 Å². The number of ether oxygens (including phenoxy) is 2. The van der Waals surface area contributed by atoms with E-state index in [1.807, 2.05) is 24.3 Å². The fraction of sp³-hybridized carbons (Fsp3) is 0.333. The first-order chi connectivity index (χ1) is 19.5. The molecule has 40 heavy (non-hydrogen) atoms. The summed E-state index contributed by atoms with van der Waals surface area (Å²) in [6, 6.07) is 26.7. The number of nitrogens with zero attached hydrogens (tertiary/aromatic N) is 3. The maximum absolute atomic E-state index is 14.0. The highest BCUT2D eigenvalue weighted by atomic mass is 16.5. The van der Waals surface area contributed by atoms with Crippen molar-refractivity contribution in [2.75, 3.05) is 40.5 Å². The van der Waals surface area contributed by atoms with Gasteiger partial charge in [-0.05, 0) is 63.7 Å². The lowest BCUT2D eigenvalue weighted by Gasteiger charge is -2.42. The largest absolute Gasteiger partial charge is 0.497 e. The summed E-state index contributed by atoms with van der Waals surface area (Å²) in [7, 11) is 3.24. The number of urea groups is 1. The van der Waals surface area contributed by atoms with Crippen LogP contribution in [0.3, 0.4) is 0 Å². The molecule has 2 fully saturated rings. The second-order valence-electron chi connectivity index (χ2n) is 10.8. The van der Waals surface area contributed by atoms with Crippen molar-refractivity contribution in [2.24, 2.45) is 0 Å². The van der Waals surface area contributed by atoms with E-state index in [2.05, 4.69) is 59.5 Å². The molecule has 6 rings (SSSR count). The highest BCUT2D eigenvalue weighted by molar-refractivity contribution is 6.09. The van der Waals surface area contributed by atoms with Crippen LogP contribution in [0.1, 0.15) is 24.0 Å². The predicted octanol–water partition coefficient (Wildman–Crippen LogP) is 5.45. The second kappa shape index (κ2) is 10.9. The number of carbonyl (C=O) groups is 2. The summed E-state index contributed by atoms with van der Waals surface area (Å²) in [5.74, 6) is 0.601. The van der Waals surface area contributed by atoms with Gasteiger partial charge < -0.3 is 14.4 Å². The van der Waals surface area contributed by atoms with Crippen LogP contribution in [0.25, 0.3) is 21.5 Å². The Morgan fingerprint density at radius 2 is 1.52 bits per heavy atom. The molecule has 7 heteroatoms. The SMILES string of the molecule is COCCN1C(=O)N(Cc2cccc(OC)c2)C(=O)C12CCN(Cc1cc3ccccc3c3ccccc13)CC2. The number of carbonyl (C=O) groups excluding carboxylic acids is 2. The average Bonchev–Trinajstić information content (AvgIpc) is 3.18. The first kappa shape index (κ1) is 26.3. The van der Waals surface area contributed by atoms with Crippen LogP contribution < -0.4 is 4.74 Å². The zero-order chi connectivity index (χ0) is 27.7. The van der Waals surface area contributed by atoms with Crippen molar-refractivity contribution in [3.63, 3.8) is 0 Å². The molecule has 0 aromatic heterocycles. The molecular weight excluding hydrogens is 502 g/mol. The van der Waals surface area contributed by atoms with Gasteiger partial charge in [0.2, 0.25) is 0 Å². The van der Waals surface area contributed by atoms with Gasteiger partial charge in [0.1, 0.15) is 11.3 Å². The van der Waals surface area contributed by atoms with Gasteiger partial charge in [0, 0.05) is 33.3 Å². The molecule has 0 bridgehead atoms. The first-order valence-corrected chi connectivity index (χ1v) is 13.9. The van der Waals surface area contributed by atoms with Crippen LogP contribution in [0.4, 0.5) is 4.79 Å². The minimum absolute atomic E-state index is 0.104. The maximum atomic E-state index is 14.0.